The minimum atomic E-state index is -4.02. The van der Waals surface area contributed by atoms with E-state index in [1.165, 1.54) is 17.0 Å². The number of carboxylic acid groups (broad SMARTS) is 1. The van der Waals surface area contributed by atoms with Crippen LogP contribution < -0.4 is 0 Å². The van der Waals surface area contributed by atoms with E-state index in [0.717, 1.165) is 22.3 Å². The molecule has 0 bridgehead atoms. The molecule has 1 atom stereocenters. The number of carbonyl (C=O) groups excluding carboxylic acids is 1. The number of aryl methyl sites for hydroxylation is 1. The number of fused-ring (bicyclic) bond motifs is 1. The van der Waals surface area contributed by atoms with E-state index in [-0.39, 0.29) is 18.0 Å². The third kappa shape index (κ3) is 6.66. The normalized spacial score (nSPS) is 14.9. The number of nitrogens with zero attached hydrogens (tertiary/aromatic N) is 1. The molecule has 1 aliphatic rings. The van der Waals surface area contributed by atoms with Gasteiger partial charge in [0.15, 0.2) is 0 Å². The number of hydrogen-bond donors (Lipinski definition) is 2. The van der Waals surface area contributed by atoms with Gasteiger partial charge in [0, 0.05) is 6.42 Å². The van der Waals surface area contributed by atoms with Gasteiger partial charge in [0.05, 0.1) is 11.4 Å². The maximum absolute atomic E-state index is 12.3. The Hall–Kier alpha value is -3.69. The average Bonchev–Trinajstić information content (AvgIpc) is 2.82. The van der Waals surface area contributed by atoms with Crippen molar-refractivity contribution in [1.29, 1.82) is 0 Å². The van der Waals surface area contributed by atoms with Gasteiger partial charge in [-0.05, 0) is 35.7 Å². The van der Waals surface area contributed by atoms with E-state index in [1.807, 2.05) is 61.5 Å². The maximum Gasteiger partial charge on any atom is 0.411 e. The van der Waals surface area contributed by atoms with Gasteiger partial charge in [-0.3, -0.25) is 9.45 Å². The molecule has 3 aromatic carbocycles. The molecule has 1 aliphatic heterocycles. The van der Waals surface area contributed by atoms with Gasteiger partial charge in [-0.25, -0.2) is 9.59 Å². The maximum atomic E-state index is 12.3. The van der Waals surface area contributed by atoms with Crippen LogP contribution in [0.15, 0.2) is 83.8 Å². The second-order valence-electron chi connectivity index (χ2n) is 7.78. The third-order valence-electron chi connectivity index (χ3n) is 5.29. The van der Waals surface area contributed by atoms with Crippen molar-refractivity contribution in [3.63, 3.8) is 0 Å². The SMILES string of the molecule is Cc1ccc(S(=O)(=O)O)cc1.O=C(O)[C@@H]1Cc2ccccc2CN1C(=O)OCc1ccccc1. The number of carbonyl (C=O) groups is 2. The summed E-state index contributed by atoms with van der Waals surface area (Å²) in [5.74, 6) is -1.02. The minimum Gasteiger partial charge on any atom is -0.480 e. The number of amides is 1. The molecule has 34 heavy (non-hydrogen) atoms. The zero-order valence-electron chi connectivity index (χ0n) is 18.5. The van der Waals surface area contributed by atoms with Crippen LogP contribution in [0.1, 0.15) is 22.3 Å². The number of benzene rings is 3. The van der Waals surface area contributed by atoms with Crippen molar-refractivity contribution in [2.75, 3.05) is 0 Å². The third-order valence-corrected chi connectivity index (χ3v) is 6.16. The van der Waals surface area contributed by atoms with E-state index in [1.54, 1.807) is 12.1 Å². The molecule has 9 heteroatoms. The van der Waals surface area contributed by atoms with Crippen LogP contribution in [0, 0.1) is 6.92 Å². The summed E-state index contributed by atoms with van der Waals surface area (Å²) in [7, 11) is -4.02. The highest BCUT2D eigenvalue weighted by molar-refractivity contribution is 7.85. The highest BCUT2D eigenvalue weighted by Crippen LogP contribution is 2.24. The van der Waals surface area contributed by atoms with E-state index in [0.29, 0.717) is 6.42 Å². The minimum absolute atomic E-state index is 0.0666. The van der Waals surface area contributed by atoms with Crippen molar-refractivity contribution in [3.8, 4) is 0 Å². The number of carboxylic acids is 1. The van der Waals surface area contributed by atoms with Crippen molar-refractivity contribution in [1.82, 2.24) is 4.90 Å². The molecule has 0 saturated heterocycles. The molecule has 3 aromatic rings. The van der Waals surface area contributed by atoms with Crippen molar-refractivity contribution in [2.45, 2.75) is 37.4 Å². The first-order chi connectivity index (χ1) is 16.1. The lowest BCUT2D eigenvalue weighted by atomic mass is 9.94. The van der Waals surface area contributed by atoms with Gasteiger partial charge in [0.1, 0.15) is 12.6 Å². The fourth-order valence-electron chi connectivity index (χ4n) is 3.45. The zero-order valence-corrected chi connectivity index (χ0v) is 19.3. The van der Waals surface area contributed by atoms with Crippen molar-refractivity contribution in [3.05, 3.63) is 101 Å². The Morgan fingerprint density at radius 3 is 2.12 bits per heavy atom. The van der Waals surface area contributed by atoms with E-state index in [4.69, 9.17) is 9.29 Å². The van der Waals surface area contributed by atoms with Crippen LogP contribution >= 0.6 is 0 Å². The summed E-state index contributed by atoms with van der Waals surface area (Å²) >= 11 is 0. The molecule has 0 fully saturated rings. The van der Waals surface area contributed by atoms with Crippen molar-refractivity contribution < 1.29 is 32.4 Å². The van der Waals surface area contributed by atoms with Crippen LogP contribution in [0.5, 0.6) is 0 Å². The number of rotatable bonds is 4. The average molecular weight is 484 g/mol. The van der Waals surface area contributed by atoms with Gasteiger partial charge in [-0.1, -0.05) is 72.3 Å². The molecule has 0 aromatic heterocycles. The smallest absolute Gasteiger partial charge is 0.411 e. The van der Waals surface area contributed by atoms with Gasteiger partial charge in [0.2, 0.25) is 0 Å². The highest BCUT2D eigenvalue weighted by atomic mass is 32.2. The monoisotopic (exact) mass is 483 g/mol. The van der Waals surface area contributed by atoms with Crippen molar-refractivity contribution in [2.24, 2.45) is 0 Å². The summed E-state index contributed by atoms with van der Waals surface area (Å²) in [6.07, 6.45) is -0.304. The van der Waals surface area contributed by atoms with E-state index in [2.05, 4.69) is 0 Å². The quantitative estimate of drug-likeness (QED) is 0.537. The molecule has 1 amide bonds. The Morgan fingerprint density at radius 1 is 0.941 bits per heavy atom. The Balaban J connectivity index is 0.000000248. The lowest BCUT2D eigenvalue weighted by Crippen LogP contribution is -2.48. The summed E-state index contributed by atoms with van der Waals surface area (Å²) in [6.45, 7) is 2.22. The molecule has 1 heterocycles. The predicted octanol–water partition coefficient (Wildman–Crippen LogP) is 4.08. The largest absolute Gasteiger partial charge is 0.480 e. The van der Waals surface area contributed by atoms with E-state index >= 15 is 0 Å². The summed E-state index contributed by atoms with van der Waals surface area (Å²) in [5, 5.41) is 9.42. The fourth-order valence-corrected chi connectivity index (χ4v) is 3.93. The number of aliphatic carboxylic acids is 1. The van der Waals surface area contributed by atoms with Crippen LogP contribution in [-0.4, -0.2) is 41.1 Å². The second kappa shape index (κ2) is 11.0. The molecule has 178 valence electrons. The topological polar surface area (TPSA) is 121 Å². The Bertz CT molecular complexity index is 1240. The first kappa shape index (κ1) is 24.9. The molecule has 0 spiro atoms. The molecule has 8 nitrogen and oxygen atoms in total. The first-order valence-corrected chi connectivity index (χ1v) is 11.9. The predicted molar refractivity (Wildman–Crippen MR) is 125 cm³/mol. The van der Waals surface area contributed by atoms with Crippen LogP contribution in [0.3, 0.4) is 0 Å². The molecular formula is C25H25NO7S. The Kier molecular flexibility index (Phi) is 8.04. The molecule has 0 unspecified atom stereocenters. The molecule has 0 saturated carbocycles. The van der Waals surface area contributed by atoms with Gasteiger partial charge in [-0.15, -0.1) is 0 Å². The van der Waals surface area contributed by atoms with Crippen LogP contribution in [0.25, 0.3) is 0 Å². The van der Waals surface area contributed by atoms with Crippen LogP contribution in [0.4, 0.5) is 4.79 Å². The van der Waals surface area contributed by atoms with E-state index in [9.17, 15) is 23.1 Å². The lowest BCUT2D eigenvalue weighted by molar-refractivity contribution is -0.143. The Labute approximate surface area is 198 Å². The highest BCUT2D eigenvalue weighted by Gasteiger charge is 2.35. The molecule has 0 radical (unpaired) electrons. The van der Waals surface area contributed by atoms with E-state index < -0.39 is 28.2 Å². The van der Waals surface area contributed by atoms with Gasteiger partial charge in [0.25, 0.3) is 10.1 Å². The molecule has 4 rings (SSSR count). The summed E-state index contributed by atoms with van der Waals surface area (Å²) in [5.41, 5.74) is 3.75. The van der Waals surface area contributed by atoms with Crippen LogP contribution in [-0.2, 0) is 39.2 Å². The van der Waals surface area contributed by atoms with Crippen LogP contribution in [0.2, 0.25) is 0 Å². The number of hydrogen-bond acceptors (Lipinski definition) is 5. The summed E-state index contributed by atoms with van der Waals surface area (Å²) in [4.78, 5) is 25.1. The Morgan fingerprint density at radius 2 is 1.53 bits per heavy atom. The molecule has 0 aliphatic carbocycles. The summed E-state index contributed by atoms with van der Waals surface area (Å²) < 4.78 is 34.8. The molecular weight excluding hydrogens is 458 g/mol. The zero-order chi connectivity index (χ0) is 24.7. The van der Waals surface area contributed by atoms with Crippen molar-refractivity contribution >= 4 is 22.2 Å². The number of ether oxygens (including phenoxy) is 1. The van der Waals surface area contributed by atoms with Gasteiger partial charge < -0.3 is 9.84 Å². The lowest BCUT2D eigenvalue weighted by Gasteiger charge is -2.33. The first-order valence-electron chi connectivity index (χ1n) is 10.5. The standard InChI is InChI=1S/C18H17NO4.C7H8O3S/c20-17(21)16-10-14-8-4-5-9-15(14)11-19(16)18(22)23-12-13-6-2-1-3-7-13;1-6-2-4-7(5-3-6)11(8,9)10/h1-9,16H,10-12H2,(H,20,21);2-5H,1H3,(H,8,9,10)/t16-;/m0./s1. The van der Waals surface area contributed by atoms with Gasteiger partial charge >= 0.3 is 12.1 Å². The summed E-state index contributed by atoms with van der Waals surface area (Å²) in [6, 6.07) is 22.0. The molecule has 2 N–H and O–H groups in total. The second-order valence-corrected chi connectivity index (χ2v) is 9.20. The van der Waals surface area contributed by atoms with Gasteiger partial charge in [-0.2, -0.15) is 8.42 Å². The fraction of sp³-hybridized carbons (Fsp3) is 0.200.